The summed E-state index contributed by atoms with van der Waals surface area (Å²) in [6.07, 6.45) is 1.26. The maximum atomic E-state index is 13.0. The van der Waals surface area contributed by atoms with Crippen LogP contribution in [0.25, 0.3) is 16.5 Å². The van der Waals surface area contributed by atoms with Crippen LogP contribution in [0.2, 0.25) is 0 Å². The number of aromatic nitrogens is 2. The molecule has 152 valence electrons. The molecule has 0 aliphatic carbocycles. The lowest BCUT2D eigenvalue weighted by molar-refractivity contribution is 0.0616. The largest absolute Gasteiger partial charge is 0.295 e. The van der Waals surface area contributed by atoms with Crippen molar-refractivity contribution in [2.45, 2.75) is 6.92 Å². The number of carbonyl (C=O) groups is 2. The Morgan fingerprint density at radius 3 is 2.35 bits per heavy atom. The molecule has 0 radical (unpaired) electrons. The van der Waals surface area contributed by atoms with Gasteiger partial charge in [0.2, 0.25) is 0 Å². The topological polar surface area (TPSA) is 87.5 Å². The minimum absolute atomic E-state index is 0.268. The Labute approximate surface area is 184 Å². The standard InChI is InChI=1S/C23H15BrN4O3/c1-13-18(23(31)27(26-13)14-6-3-2-4-7-14)12-25-28-21(29)16-9-5-8-15-19(24)11-10-17(20(15)16)22(28)30/h2-12,26H,1H3/b25-12+. The zero-order chi connectivity index (χ0) is 21.7. The van der Waals surface area contributed by atoms with Crippen LogP contribution in [0.3, 0.4) is 0 Å². The Morgan fingerprint density at radius 2 is 1.61 bits per heavy atom. The molecule has 5 rings (SSSR count). The van der Waals surface area contributed by atoms with E-state index in [0.29, 0.717) is 27.9 Å². The number of aryl methyl sites for hydroxylation is 1. The number of nitrogens with one attached hydrogen (secondary N) is 1. The smallest absolute Gasteiger partial charge is 0.282 e. The number of nitrogens with zero attached hydrogens (tertiary/aromatic N) is 3. The van der Waals surface area contributed by atoms with Gasteiger partial charge in [-0.25, -0.2) is 4.68 Å². The molecule has 0 atom stereocenters. The molecule has 0 fully saturated rings. The van der Waals surface area contributed by atoms with E-state index in [2.05, 4.69) is 26.1 Å². The summed E-state index contributed by atoms with van der Waals surface area (Å²) in [7, 11) is 0. The van der Waals surface area contributed by atoms with Gasteiger partial charge in [0, 0.05) is 15.6 Å². The number of benzene rings is 3. The van der Waals surface area contributed by atoms with Crippen molar-refractivity contribution in [1.82, 2.24) is 14.8 Å². The Balaban J connectivity index is 1.57. The Hall–Kier alpha value is -3.78. The van der Waals surface area contributed by atoms with Crippen LogP contribution in [-0.2, 0) is 0 Å². The molecule has 1 aromatic heterocycles. The normalized spacial score (nSPS) is 13.5. The zero-order valence-corrected chi connectivity index (χ0v) is 17.9. The maximum absolute atomic E-state index is 13.0. The molecule has 4 aromatic rings. The first-order valence-corrected chi connectivity index (χ1v) is 10.3. The minimum atomic E-state index is -0.533. The van der Waals surface area contributed by atoms with Gasteiger partial charge in [-0.15, -0.1) is 0 Å². The predicted molar refractivity (Wildman–Crippen MR) is 121 cm³/mol. The number of amides is 2. The number of hydrogen-bond acceptors (Lipinski definition) is 4. The van der Waals surface area contributed by atoms with E-state index in [9.17, 15) is 14.4 Å². The fourth-order valence-electron chi connectivity index (χ4n) is 3.74. The van der Waals surface area contributed by atoms with Crippen molar-refractivity contribution in [3.05, 3.63) is 97.9 Å². The molecule has 0 spiro atoms. The highest BCUT2D eigenvalue weighted by atomic mass is 79.9. The number of halogens is 1. The number of imide groups is 1. The molecule has 2 amide bonds. The van der Waals surface area contributed by atoms with Gasteiger partial charge in [-0.1, -0.05) is 46.3 Å². The van der Waals surface area contributed by atoms with Crippen LogP contribution < -0.4 is 5.56 Å². The molecule has 2 heterocycles. The molecule has 7 nitrogen and oxygen atoms in total. The predicted octanol–water partition coefficient (Wildman–Crippen LogP) is 4.02. The molecule has 0 unspecified atom stereocenters. The van der Waals surface area contributed by atoms with Crippen LogP contribution in [-0.4, -0.2) is 32.8 Å². The Morgan fingerprint density at radius 1 is 0.903 bits per heavy atom. The third-order valence-electron chi connectivity index (χ3n) is 5.27. The van der Waals surface area contributed by atoms with Crippen LogP contribution in [0.1, 0.15) is 32.0 Å². The van der Waals surface area contributed by atoms with E-state index in [1.54, 1.807) is 43.3 Å². The first-order valence-electron chi connectivity index (χ1n) is 9.48. The minimum Gasteiger partial charge on any atom is -0.295 e. The number of rotatable bonds is 3. The van der Waals surface area contributed by atoms with Gasteiger partial charge < -0.3 is 0 Å². The molecular formula is C23H15BrN4O3. The lowest BCUT2D eigenvalue weighted by atomic mass is 9.95. The summed E-state index contributed by atoms with van der Waals surface area (Å²) in [4.78, 5) is 38.9. The molecule has 1 N–H and O–H groups in total. The van der Waals surface area contributed by atoms with Crippen LogP contribution in [0.15, 0.2) is 75.0 Å². The van der Waals surface area contributed by atoms with Gasteiger partial charge in [-0.3, -0.25) is 19.5 Å². The first-order chi connectivity index (χ1) is 15.0. The van der Waals surface area contributed by atoms with E-state index in [-0.39, 0.29) is 11.1 Å². The molecule has 8 heteroatoms. The number of para-hydroxylation sites is 1. The van der Waals surface area contributed by atoms with Gasteiger partial charge in [0.1, 0.15) is 0 Å². The average molecular weight is 475 g/mol. The summed E-state index contributed by atoms with van der Waals surface area (Å²) in [6, 6.07) is 17.8. The SMILES string of the molecule is Cc1[nH]n(-c2ccccc2)c(=O)c1/C=N/N1C(=O)c2cccc3c(Br)ccc(c23)C1=O. The first kappa shape index (κ1) is 19.2. The van der Waals surface area contributed by atoms with E-state index in [0.717, 1.165) is 14.9 Å². The van der Waals surface area contributed by atoms with Crippen molar-refractivity contribution < 1.29 is 9.59 Å². The van der Waals surface area contributed by atoms with Crippen molar-refractivity contribution in [3.8, 4) is 5.69 Å². The van der Waals surface area contributed by atoms with Crippen LogP contribution in [0.4, 0.5) is 0 Å². The van der Waals surface area contributed by atoms with Gasteiger partial charge in [-0.2, -0.15) is 10.1 Å². The summed E-state index contributed by atoms with van der Waals surface area (Å²) in [6.45, 7) is 1.73. The van der Waals surface area contributed by atoms with E-state index < -0.39 is 11.8 Å². The fraction of sp³-hybridized carbons (Fsp3) is 0.0435. The van der Waals surface area contributed by atoms with Crippen molar-refractivity contribution in [2.75, 3.05) is 0 Å². The third-order valence-corrected chi connectivity index (χ3v) is 5.96. The molecule has 0 bridgehead atoms. The second kappa shape index (κ2) is 7.17. The molecule has 1 aliphatic heterocycles. The van der Waals surface area contributed by atoms with E-state index in [1.165, 1.54) is 10.9 Å². The van der Waals surface area contributed by atoms with E-state index >= 15 is 0 Å². The van der Waals surface area contributed by atoms with Gasteiger partial charge in [0.15, 0.2) is 0 Å². The maximum Gasteiger partial charge on any atom is 0.282 e. The molecule has 0 saturated heterocycles. The Bertz CT molecular complexity index is 1450. The van der Waals surface area contributed by atoms with Crippen molar-refractivity contribution in [2.24, 2.45) is 5.10 Å². The average Bonchev–Trinajstić information content (AvgIpc) is 3.07. The highest BCUT2D eigenvalue weighted by molar-refractivity contribution is 9.10. The van der Waals surface area contributed by atoms with Gasteiger partial charge in [0.05, 0.1) is 28.6 Å². The van der Waals surface area contributed by atoms with E-state index in [1.807, 2.05) is 24.3 Å². The monoisotopic (exact) mass is 474 g/mol. The van der Waals surface area contributed by atoms with Gasteiger partial charge in [-0.05, 0) is 42.6 Å². The van der Waals surface area contributed by atoms with E-state index in [4.69, 9.17) is 0 Å². The number of hydrogen-bond donors (Lipinski definition) is 1. The summed E-state index contributed by atoms with van der Waals surface area (Å²) >= 11 is 3.47. The van der Waals surface area contributed by atoms with Gasteiger partial charge >= 0.3 is 0 Å². The number of aromatic amines is 1. The summed E-state index contributed by atoms with van der Waals surface area (Å²) in [5.41, 5.74) is 1.96. The third kappa shape index (κ3) is 2.95. The lowest BCUT2D eigenvalue weighted by Crippen LogP contribution is -2.36. The number of hydrazone groups is 1. The number of carbonyl (C=O) groups excluding carboxylic acids is 2. The van der Waals surface area contributed by atoms with Crippen molar-refractivity contribution in [3.63, 3.8) is 0 Å². The molecular weight excluding hydrogens is 460 g/mol. The highest BCUT2D eigenvalue weighted by Gasteiger charge is 2.33. The number of H-pyrrole nitrogens is 1. The highest BCUT2D eigenvalue weighted by Crippen LogP contribution is 2.34. The summed E-state index contributed by atoms with van der Waals surface area (Å²) in [5, 5.41) is 9.31. The van der Waals surface area contributed by atoms with Crippen LogP contribution >= 0.6 is 15.9 Å². The van der Waals surface area contributed by atoms with Crippen LogP contribution in [0.5, 0.6) is 0 Å². The molecule has 1 aliphatic rings. The van der Waals surface area contributed by atoms with Crippen LogP contribution in [0, 0.1) is 6.92 Å². The second-order valence-corrected chi connectivity index (χ2v) is 7.97. The summed E-state index contributed by atoms with van der Waals surface area (Å²) in [5.74, 6) is -1.07. The lowest BCUT2D eigenvalue weighted by Gasteiger charge is -2.23. The van der Waals surface area contributed by atoms with Gasteiger partial charge in [0.25, 0.3) is 17.4 Å². The fourth-order valence-corrected chi connectivity index (χ4v) is 4.20. The Kier molecular flexibility index (Phi) is 4.44. The molecule has 3 aromatic carbocycles. The molecule has 31 heavy (non-hydrogen) atoms. The van der Waals surface area contributed by atoms with Crippen molar-refractivity contribution in [1.29, 1.82) is 0 Å². The van der Waals surface area contributed by atoms with Crippen molar-refractivity contribution >= 4 is 44.7 Å². The second-order valence-electron chi connectivity index (χ2n) is 7.12. The quantitative estimate of drug-likeness (QED) is 0.359. The zero-order valence-electron chi connectivity index (χ0n) is 16.3. The summed E-state index contributed by atoms with van der Waals surface area (Å²) < 4.78 is 2.19. The molecule has 0 saturated carbocycles.